The highest BCUT2D eigenvalue weighted by atomic mass is 16.3. The molecule has 2 unspecified atom stereocenters. The van der Waals surface area contributed by atoms with Gasteiger partial charge in [0.25, 0.3) is 0 Å². The van der Waals surface area contributed by atoms with Gasteiger partial charge in [-0.25, -0.2) is 0 Å². The van der Waals surface area contributed by atoms with E-state index in [1.807, 2.05) is 0 Å². The SMILES string of the molecule is CCc1ccccc1CNCC1CCCC(O)C1. The van der Waals surface area contributed by atoms with Gasteiger partial charge in [-0.05, 0) is 49.3 Å². The molecular weight excluding hydrogens is 222 g/mol. The van der Waals surface area contributed by atoms with E-state index in [2.05, 4.69) is 36.5 Å². The lowest BCUT2D eigenvalue weighted by Crippen LogP contribution is -2.29. The number of aliphatic hydroxyl groups excluding tert-OH is 1. The number of hydrogen-bond acceptors (Lipinski definition) is 2. The van der Waals surface area contributed by atoms with Crippen molar-refractivity contribution >= 4 is 0 Å². The highest BCUT2D eigenvalue weighted by Gasteiger charge is 2.19. The van der Waals surface area contributed by atoms with Crippen LogP contribution in [0.2, 0.25) is 0 Å². The van der Waals surface area contributed by atoms with Gasteiger partial charge in [-0.2, -0.15) is 0 Å². The van der Waals surface area contributed by atoms with Crippen molar-refractivity contribution in [3.63, 3.8) is 0 Å². The highest BCUT2D eigenvalue weighted by molar-refractivity contribution is 5.26. The van der Waals surface area contributed by atoms with Crippen LogP contribution in [-0.2, 0) is 13.0 Å². The van der Waals surface area contributed by atoms with E-state index in [-0.39, 0.29) is 6.10 Å². The molecule has 1 saturated carbocycles. The van der Waals surface area contributed by atoms with E-state index in [0.29, 0.717) is 5.92 Å². The Bertz CT molecular complexity index is 364. The summed E-state index contributed by atoms with van der Waals surface area (Å²) in [7, 11) is 0. The maximum absolute atomic E-state index is 9.65. The van der Waals surface area contributed by atoms with E-state index >= 15 is 0 Å². The minimum Gasteiger partial charge on any atom is -0.393 e. The molecule has 0 amide bonds. The zero-order chi connectivity index (χ0) is 12.8. The lowest BCUT2D eigenvalue weighted by molar-refractivity contribution is 0.101. The average Bonchev–Trinajstić information content (AvgIpc) is 2.39. The molecule has 2 N–H and O–H groups in total. The first-order chi connectivity index (χ1) is 8.79. The van der Waals surface area contributed by atoms with Crippen LogP contribution < -0.4 is 5.32 Å². The topological polar surface area (TPSA) is 32.3 Å². The van der Waals surface area contributed by atoms with Gasteiger partial charge in [-0.15, -0.1) is 0 Å². The molecule has 1 aromatic rings. The number of aryl methyl sites for hydroxylation is 1. The minimum atomic E-state index is -0.0616. The Balaban J connectivity index is 1.77. The fraction of sp³-hybridized carbons (Fsp3) is 0.625. The third kappa shape index (κ3) is 3.82. The smallest absolute Gasteiger partial charge is 0.0543 e. The molecule has 100 valence electrons. The second-order valence-electron chi connectivity index (χ2n) is 5.44. The van der Waals surface area contributed by atoms with Crippen molar-refractivity contribution < 1.29 is 5.11 Å². The fourth-order valence-electron chi connectivity index (χ4n) is 2.93. The van der Waals surface area contributed by atoms with Crippen LogP contribution >= 0.6 is 0 Å². The van der Waals surface area contributed by atoms with Gasteiger partial charge in [-0.1, -0.05) is 37.6 Å². The van der Waals surface area contributed by atoms with Gasteiger partial charge in [0.15, 0.2) is 0 Å². The summed E-state index contributed by atoms with van der Waals surface area (Å²) in [4.78, 5) is 0. The Morgan fingerprint density at radius 3 is 2.72 bits per heavy atom. The zero-order valence-corrected chi connectivity index (χ0v) is 11.4. The third-order valence-electron chi connectivity index (χ3n) is 4.00. The van der Waals surface area contributed by atoms with Gasteiger partial charge >= 0.3 is 0 Å². The van der Waals surface area contributed by atoms with Crippen molar-refractivity contribution in [2.45, 2.75) is 51.7 Å². The Labute approximate surface area is 110 Å². The normalized spacial score (nSPS) is 24.1. The predicted octanol–water partition coefficient (Wildman–Crippen LogP) is 2.89. The monoisotopic (exact) mass is 247 g/mol. The van der Waals surface area contributed by atoms with Crippen LogP contribution in [0.15, 0.2) is 24.3 Å². The second-order valence-corrected chi connectivity index (χ2v) is 5.44. The Morgan fingerprint density at radius 1 is 1.22 bits per heavy atom. The van der Waals surface area contributed by atoms with Gasteiger partial charge in [0.2, 0.25) is 0 Å². The summed E-state index contributed by atoms with van der Waals surface area (Å²) < 4.78 is 0. The van der Waals surface area contributed by atoms with Crippen LogP contribution in [0.4, 0.5) is 0 Å². The van der Waals surface area contributed by atoms with E-state index in [1.165, 1.54) is 24.0 Å². The van der Waals surface area contributed by atoms with Gasteiger partial charge in [-0.3, -0.25) is 0 Å². The first-order valence-corrected chi connectivity index (χ1v) is 7.25. The van der Waals surface area contributed by atoms with Crippen LogP contribution in [0.5, 0.6) is 0 Å². The average molecular weight is 247 g/mol. The molecule has 0 bridgehead atoms. The maximum Gasteiger partial charge on any atom is 0.0543 e. The second kappa shape index (κ2) is 6.91. The first kappa shape index (κ1) is 13.6. The van der Waals surface area contributed by atoms with Crippen molar-refractivity contribution in [3.05, 3.63) is 35.4 Å². The number of nitrogens with one attached hydrogen (secondary N) is 1. The first-order valence-electron chi connectivity index (χ1n) is 7.25. The summed E-state index contributed by atoms with van der Waals surface area (Å²) in [6, 6.07) is 8.64. The lowest BCUT2D eigenvalue weighted by atomic mass is 9.87. The summed E-state index contributed by atoms with van der Waals surface area (Å²) in [5.41, 5.74) is 2.85. The summed E-state index contributed by atoms with van der Waals surface area (Å²) in [6.45, 7) is 4.20. The molecular formula is C16H25NO. The lowest BCUT2D eigenvalue weighted by Gasteiger charge is -2.26. The van der Waals surface area contributed by atoms with Crippen molar-refractivity contribution in [2.24, 2.45) is 5.92 Å². The number of hydrogen-bond donors (Lipinski definition) is 2. The van der Waals surface area contributed by atoms with E-state index < -0.39 is 0 Å². The molecule has 0 aliphatic heterocycles. The Kier molecular flexibility index (Phi) is 5.21. The Morgan fingerprint density at radius 2 is 2.00 bits per heavy atom. The molecule has 0 radical (unpaired) electrons. The Hall–Kier alpha value is -0.860. The summed E-state index contributed by atoms with van der Waals surface area (Å²) in [6.07, 6.45) is 5.45. The number of rotatable bonds is 5. The summed E-state index contributed by atoms with van der Waals surface area (Å²) in [5, 5.41) is 13.2. The molecule has 0 spiro atoms. The van der Waals surface area contributed by atoms with Crippen molar-refractivity contribution in [2.75, 3.05) is 6.54 Å². The zero-order valence-electron chi connectivity index (χ0n) is 11.4. The summed E-state index contributed by atoms with van der Waals surface area (Å²) >= 11 is 0. The molecule has 1 aliphatic carbocycles. The van der Waals surface area contributed by atoms with Crippen LogP contribution in [0, 0.1) is 5.92 Å². The van der Waals surface area contributed by atoms with E-state index in [9.17, 15) is 5.11 Å². The molecule has 18 heavy (non-hydrogen) atoms. The van der Waals surface area contributed by atoms with E-state index in [0.717, 1.165) is 32.4 Å². The minimum absolute atomic E-state index is 0.0616. The van der Waals surface area contributed by atoms with Crippen molar-refractivity contribution in [1.29, 1.82) is 0 Å². The fourth-order valence-corrected chi connectivity index (χ4v) is 2.93. The molecule has 2 nitrogen and oxygen atoms in total. The van der Waals surface area contributed by atoms with Gasteiger partial charge in [0, 0.05) is 6.54 Å². The molecule has 2 rings (SSSR count). The molecule has 2 atom stereocenters. The molecule has 1 aromatic carbocycles. The largest absolute Gasteiger partial charge is 0.393 e. The molecule has 0 saturated heterocycles. The molecule has 2 heteroatoms. The molecule has 1 aliphatic rings. The standard InChI is InChI=1S/C16H25NO/c1-2-14-7-3-4-8-15(14)12-17-11-13-6-5-9-16(18)10-13/h3-4,7-8,13,16-18H,2,5-6,9-12H2,1H3. The predicted molar refractivity (Wildman–Crippen MR) is 75.5 cm³/mol. The highest BCUT2D eigenvalue weighted by Crippen LogP contribution is 2.23. The number of aliphatic hydroxyl groups is 1. The molecule has 0 heterocycles. The van der Waals surface area contributed by atoms with Crippen LogP contribution in [0.1, 0.15) is 43.7 Å². The van der Waals surface area contributed by atoms with Gasteiger partial charge < -0.3 is 10.4 Å². The molecule has 0 aromatic heterocycles. The van der Waals surface area contributed by atoms with Gasteiger partial charge in [0.1, 0.15) is 0 Å². The van der Waals surface area contributed by atoms with Gasteiger partial charge in [0.05, 0.1) is 6.10 Å². The third-order valence-corrected chi connectivity index (χ3v) is 4.00. The van der Waals surface area contributed by atoms with Crippen molar-refractivity contribution in [3.8, 4) is 0 Å². The van der Waals surface area contributed by atoms with Crippen LogP contribution in [-0.4, -0.2) is 17.8 Å². The maximum atomic E-state index is 9.65. The summed E-state index contributed by atoms with van der Waals surface area (Å²) in [5.74, 6) is 0.655. The number of benzene rings is 1. The van der Waals surface area contributed by atoms with Crippen LogP contribution in [0.25, 0.3) is 0 Å². The van der Waals surface area contributed by atoms with E-state index in [1.54, 1.807) is 0 Å². The molecule has 1 fully saturated rings. The van der Waals surface area contributed by atoms with E-state index in [4.69, 9.17) is 0 Å². The van der Waals surface area contributed by atoms with Crippen LogP contribution in [0.3, 0.4) is 0 Å². The quantitative estimate of drug-likeness (QED) is 0.838. The van der Waals surface area contributed by atoms with Crippen molar-refractivity contribution in [1.82, 2.24) is 5.32 Å².